The number of hydrogen-bond donors (Lipinski definition) is 3. The number of nitrogens with zero attached hydrogens (tertiary/aromatic N) is 1. The molecule has 0 spiro atoms. The molecule has 20 heavy (non-hydrogen) atoms. The van der Waals surface area contributed by atoms with Crippen LogP contribution in [0.4, 0.5) is 5.69 Å². The fourth-order valence-electron chi connectivity index (χ4n) is 1.65. The highest BCUT2D eigenvalue weighted by Crippen LogP contribution is 2.16. The van der Waals surface area contributed by atoms with Gasteiger partial charge in [0.05, 0.1) is 17.9 Å². The summed E-state index contributed by atoms with van der Waals surface area (Å²) >= 11 is 0. The summed E-state index contributed by atoms with van der Waals surface area (Å²) in [6, 6.07) is 8.49. The highest BCUT2D eigenvalue weighted by atomic mass is 16.5. The predicted octanol–water partition coefficient (Wildman–Crippen LogP) is 1.17. The maximum Gasteiger partial charge on any atom is 0.234 e. The molecule has 0 aliphatic carbocycles. The monoisotopic (exact) mass is 277 g/mol. The van der Waals surface area contributed by atoms with Crippen LogP contribution in [0.3, 0.4) is 0 Å². The number of para-hydroxylation sites is 2. The van der Waals surface area contributed by atoms with Crippen LogP contribution < -0.4 is 11.1 Å². The van der Waals surface area contributed by atoms with E-state index in [2.05, 4.69) is 5.32 Å². The maximum absolute atomic E-state index is 10.8. The zero-order chi connectivity index (χ0) is 14.8. The summed E-state index contributed by atoms with van der Waals surface area (Å²) in [5.74, 6) is -0.0690. The SMILES string of the molecule is N#CCC(=O)NCC1CCCO1.Nc1ccccc1O. The number of nitrogen functional groups attached to an aromatic ring is 1. The molecule has 6 heteroatoms. The van der Waals surface area contributed by atoms with E-state index < -0.39 is 0 Å². The van der Waals surface area contributed by atoms with E-state index in [1.54, 1.807) is 30.3 Å². The van der Waals surface area contributed by atoms with Gasteiger partial charge in [0.2, 0.25) is 5.91 Å². The van der Waals surface area contributed by atoms with Crippen molar-refractivity contribution in [1.82, 2.24) is 5.32 Å². The smallest absolute Gasteiger partial charge is 0.234 e. The van der Waals surface area contributed by atoms with Crippen LogP contribution in [0, 0.1) is 11.3 Å². The number of amides is 1. The number of hydrogen-bond acceptors (Lipinski definition) is 5. The number of phenolic OH excluding ortho intramolecular Hbond substituents is 1. The molecule has 6 nitrogen and oxygen atoms in total. The molecule has 1 unspecified atom stereocenters. The zero-order valence-corrected chi connectivity index (χ0v) is 11.2. The lowest BCUT2D eigenvalue weighted by Crippen LogP contribution is -2.31. The number of carbonyl (C=O) groups excluding carboxylic acids is 1. The summed E-state index contributed by atoms with van der Waals surface area (Å²) in [4.78, 5) is 10.8. The lowest BCUT2D eigenvalue weighted by atomic mass is 10.2. The first-order valence-electron chi connectivity index (χ1n) is 6.42. The van der Waals surface area contributed by atoms with E-state index >= 15 is 0 Å². The van der Waals surface area contributed by atoms with E-state index in [9.17, 15) is 4.79 Å². The van der Waals surface area contributed by atoms with E-state index in [-0.39, 0.29) is 24.2 Å². The molecule has 4 N–H and O–H groups in total. The Balaban J connectivity index is 0.000000217. The van der Waals surface area contributed by atoms with Gasteiger partial charge in [-0.2, -0.15) is 5.26 Å². The van der Waals surface area contributed by atoms with Gasteiger partial charge in [-0.1, -0.05) is 12.1 Å². The Kier molecular flexibility index (Phi) is 6.93. The highest BCUT2D eigenvalue weighted by Gasteiger charge is 2.15. The van der Waals surface area contributed by atoms with Gasteiger partial charge in [0, 0.05) is 13.2 Å². The van der Waals surface area contributed by atoms with Gasteiger partial charge >= 0.3 is 0 Å². The van der Waals surface area contributed by atoms with Gasteiger partial charge in [0.1, 0.15) is 12.2 Å². The average molecular weight is 277 g/mol. The van der Waals surface area contributed by atoms with Crippen LogP contribution in [0.25, 0.3) is 0 Å². The Morgan fingerprint density at radius 2 is 2.30 bits per heavy atom. The Morgan fingerprint density at radius 1 is 1.55 bits per heavy atom. The second-order valence-corrected chi connectivity index (χ2v) is 4.33. The van der Waals surface area contributed by atoms with Gasteiger partial charge in [-0.15, -0.1) is 0 Å². The molecule has 1 amide bonds. The predicted molar refractivity (Wildman–Crippen MR) is 74.7 cm³/mol. The highest BCUT2D eigenvalue weighted by molar-refractivity contribution is 5.77. The number of anilines is 1. The van der Waals surface area contributed by atoms with Crippen molar-refractivity contribution in [3.05, 3.63) is 24.3 Å². The number of nitrogens with two attached hydrogens (primary N) is 1. The lowest BCUT2D eigenvalue weighted by molar-refractivity contribution is -0.120. The summed E-state index contributed by atoms with van der Waals surface area (Å²) in [6.45, 7) is 1.33. The van der Waals surface area contributed by atoms with E-state index in [1.165, 1.54) is 0 Å². The first-order valence-corrected chi connectivity index (χ1v) is 6.42. The van der Waals surface area contributed by atoms with E-state index in [0.717, 1.165) is 19.4 Å². The lowest BCUT2D eigenvalue weighted by Gasteiger charge is -2.08. The summed E-state index contributed by atoms with van der Waals surface area (Å²) in [5.41, 5.74) is 5.69. The van der Waals surface area contributed by atoms with Crippen LogP contribution >= 0.6 is 0 Å². The normalized spacial score (nSPS) is 16.6. The van der Waals surface area contributed by atoms with Crippen molar-refractivity contribution < 1.29 is 14.6 Å². The molecule has 1 saturated heterocycles. The molecule has 1 fully saturated rings. The van der Waals surface area contributed by atoms with Crippen LogP contribution in [0.15, 0.2) is 24.3 Å². The van der Waals surface area contributed by atoms with Gasteiger partial charge in [0.15, 0.2) is 0 Å². The number of ether oxygens (including phenoxy) is 1. The van der Waals surface area contributed by atoms with Crippen molar-refractivity contribution in [1.29, 1.82) is 5.26 Å². The number of rotatable bonds is 3. The third-order valence-corrected chi connectivity index (χ3v) is 2.73. The molecular weight excluding hydrogens is 258 g/mol. The fourth-order valence-corrected chi connectivity index (χ4v) is 1.65. The molecule has 0 radical (unpaired) electrons. The van der Waals surface area contributed by atoms with Gasteiger partial charge in [0.25, 0.3) is 0 Å². The minimum atomic E-state index is -0.215. The summed E-state index contributed by atoms with van der Waals surface area (Å²) in [7, 11) is 0. The maximum atomic E-state index is 10.8. The number of aromatic hydroxyl groups is 1. The second kappa shape index (κ2) is 8.77. The van der Waals surface area contributed by atoms with Crippen LogP contribution in [-0.4, -0.2) is 30.3 Å². The summed E-state index contributed by atoms with van der Waals surface area (Å²) in [6.07, 6.45) is 2.17. The molecule has 0 bridgehead atoms. The van der Waals surface area contributed by atoms with Crippen LogP contribution in [-0.2, 0) is 9.53 Å². The van der Waals surface area contributed by atoms with Crippen molar-refractivity contribution in [3.8, 4) is 11.8 Å². The molecule has 108 valence electrons. The van der Waals surface area contributed by atoms with Gasteiger partial charge in [-0.3, -0.25) is 4.79 Å². The molecule has 2 rings (SSSR count). The molecular formula is C14H19N3O3. The Hall–Kier alpha value is -2.26. The third-order valence-electron chi connectivity index (χ3n) is 2.73. The molecule has 1 aliphatic rings. The quantitative estimate of drug-likeness (QED) is 0.567. The minimum Gasteiger partial charge on any atom is -0.506 e. The van der Waals surface area contributed by atoms with Crippen LogP contribution in [0.5, 0.6) is 5.75 Å². The Labute approximate surface area is 118 Å². The van der Waals surface area contributed by atoms with Gasteiger partial charge < -0.3 is 20.9 Å². The largest absolute Gasteiger partial charge is 0.506 e. The molecule has 1 atom stereocenters. The molecule has 0 aromatic heterocycles. The summed E-state index contributed by atoms with van der Waals surface area (Å²) < 4.78 is 5.28. The standard InChI is InChI=1S/C8H12N2O2.C6H7NO/c9-4-3-8(11)10-6-7-2-1-5-12-7;7-5-3-1-2-4-6(5)8/h7H,1-3,5-6H2,(H,10,11);1-4,8H,7H2. The second-order valence-electron chi connectivity index (χ2n) is 4.33. The average Bonchev–Trinajstić information content (AvgIpc) is 2.94. The van der Waals surface area contributed by atoms with Crippen LogP contribution in [0.2, 0.25) is 0 Å². The molecule has 0 saturated carbocycles. The Bertz CT molecular complexity index is 444. The number of phenols is 1. The molecule has 1 aromatic carbocycles. The van der Waals surface area contributed by atoms with E-state index in [0.29, 0.717) is 12.2 Å². The zero-order valence-electron chi connectivity index (χ0n) is 11.2. The number of nitrogens with one attached hydrogen (secondary N) is 1. The van der Waals surface area contributed by atoms with E-state index in [4.69, 9.17) is 20.8 Å². The van der Waals surface area contributed by atoms with Crippen molar-refractivity contribution >= 4 is 11.6 Å². The number of nitriles is 1. The van der Waals surface area contributed by atoms with Crippen LogP contribution in [0.1, 0.15) is 19.3 Å². The number of carbonyl (C=O) groups is 1. The van der Waals surface area contributed by atoms with Crippen molar-refractivity contribution in [2.24, 2.45) is 0 Å². The Morgan fingerprint density at radius 3 is 2.80 bits per heavy atom. The first-order chi connectivity index (χ1) is 9.63. The number of benzene rings is 1. The minimum absolute atomic E-state index is 0.0628. The summed E-state index contributed by atoms with van der Waals surface area (Å²) in [5, 5.41) is 19.6. The molecule has 1 aliphatic heterocycles. The fraction of sp³-hybridized carbons (Fsp3) is 0.429. The van der Waals surface area contributed by atoms with Gasteiger partial charge in [-0.25, -0.2) is 0 Å². The van der Waals surface area contributed by atoms with E-state index in [1.807, 2.05) is 0 Å². The third kappa shape index (κ3) is 6.07. The topological polar surface area (TPSA) is 108 Å². The van der Waals surface area contributed by atoms with Gasteiger partial charge in [-0.05, 0) is 25.0 Å². The van der Waals surface area contributed by atoms with Crippen molar-refractivity contribution in [2.45, 2.75) is 25.4 Å². The molecule has 1 aromatic rings. The molecule has 1 heterocycles. The van der Waals surface area contributed by atoms with Crippen molar-refractivity contribution in [3.63, 3.8) is 0 Å². The first kappa shape index (κ1) is 15.8. The van der Waals surface area contributed by atoms with Crippen molar-refractivity contribution in [2.75, 3.05) is 18.9 Å².